The maximum Gasteiger partial charge on any atom is 0.302 e. The maximum absolute atomic E-state index is 15.2. The highest BCUT2D eigenvalue weighted by Gasteiger charge is 2.54. The van der Waals surface area contributed by atoms with Crippen molar-refractivity contribution in [2.75, 3.05) is 26.2 Å². The fourth-order valence-electron chi connectivity index (χ4n) is 6.27. The molecule has 2 fully saturated rings. The molecule has 0 radical (unpaired) electrons. The molecule has 1 saturated carbocycles. The van der Waals surface area contributed by atoms with E-state index < -0.39 is 5.41 Å². The van der Waals surface area contributed by atoms with Gasteiger partial charge in [-0.25, -0.2) is 4.39 Å². The lowest BCUT2D eigenvalue weighted by atomic mass is 9.59. The summed E-state index contributed by atoms with van der Waals surface area (Å²) < 4.78 is 26.7. The molecule has 4 rings (SSSR count). The molecule has 3 atom stereocenters. The van der Waals surface area contributed by atoms with Crippen LogP contribution in [0, 0.1) is 40.3 Å². The standard InChI is InChI=1S/C30H34FN3O3/c1-22(35)37-29-9-4-7-27(29)30(21-33,26-6-2-3-8-28(26)31)24-14-17-34(18-15-24)16-5-19-36-25-12-10-23(20-32)11-13-25/h2-3,6,8,10-13,24,27,29H,4-5,7,9,14-19H2,1H3/t27-,29-,30?/m1/s1. The molecule has 1 unspecified atom stereocenters. The van der Waals surface area contributed by atoms with Gasteiger partial charge in [0.25, 0.3) is 0 Å². The van der Waals surface area contributed by atoms with Crippen molar-refractivity contribution in [3.63, 3.8) is 0 Å². The van der Waals surface area contributed by atoms with Gasteiger partial charge in [-0.1, -0.05) is 18.2 Å². The second-order valence-corrected chi connectivity index (χ2v) is 10.1. The van der Waals surface area contributed by atoms with E-state index in [-0.39, 0.29) is 29.7 Å². The van der Waals surface area contributed by atoms with E-state index in [0.29, 0.717) is 24.2 Å². The van der Waals surface area contributed by atoms with Gasteiger partial charge >= 0.3 is 5.97 Å². The number of benzene rings is 2. The molecule has 1 aliphatic heterocycles. The van der Waals surface area contributed by atoms with Crippen LogP contribution in [-0.4, -0.2) is 43.2 Å². The Hall–Kier alpha value is -3.42. The van der Waals surface area contributed by atoms with Crippen LogP contribution in [0.4, 0.5) is 4.39 Å². The van der Waals surface area contributed by atoms with Crippen LogP contribution in [0.2, 0.25) is 0 Å². The first-order chi connectivity index (χ1) is 18.0. The predicted octanol–water partition coefficient (Wildman–Crippen LogP) is 5.37. The monoisotopic (exact) mass is 503 g/mol. The molecule has 0 amide bonds. The Morgan fingerprint density at radius 2 is 1.81 bits per heavy atom. The summed E-state index contributed by atoms with van der Waals surface area (Å²) in [6.45, 7) is 4.50. The number of piperidine rings is 1. The second-order valence-electron chi connectivity index (χ2n) is 10.1. The number of rotatable bonds is 9. The first kappa shape index (κ1) is 26.6. The third-order valence-corrected chi connectivity index (χ3v) is 7.96. The van der Waals surface area contributed by atoms with Gasteiger partial charge < -0.3 is 14.4 Å². The number of ether oxygens (including phenoxy) is 2. The summed E-state index contributed by atoms with van der Waals surface area (Å²) in [6, 6.07) is 18.4. The van der Waals surface area contributed by atoms with E-state index in [4.69, 9.17) is 14.7 Å². The lowest BCUT2D eigenvalue weighted by molar-refractivity contribution is -0.149. The minimum absolute atomic E-state index is 0.0262. The quantitative estimate of drug-likeness (QED) is 0.338. The number of halogens is 1. The van der Waals surface area contributed by atoms with Crippen molar-refractivity contribution in [3.05, 3.63) is 65.5 Å². The van der Waals surface area contributed by atoms with Crippen molar-refractivity contribution in [1.82, 2.24) is 4.90 Å². The van der Waals surface area contributed by atoms with Gasteiger partial charge in [-0.15, -0.1) is 0 Å². The number of nitriles is 2. The molecule has 2 aromatic carbocycles. The zero-order chi connectivity index (χ0) is 26.3. The number of nitrogens with zero attached hydrogens (tertiary/aromatic N) is 3. The molecule has 6 nitrogen and oxygen atoms in total. The van der Waals surface area contributed by atoms with Crippen LogP contribution in [0.25, 0.3) is 0 Å². The Morgan fingerprint density at radius 1 is 1.08 bits per heavy atom. The molecule has 0 bridgehead atoms. The van der Waals surface area contributed by atoms with Crippen LogP contribution in [0.3, 0.4) is 0 Å². The number of carbonyl (C=O) groups excluding carboxylic acids is 1. The molecule has 0 spiro atoms. The Morgan fingerprint density at radius 3 is 2.46 bits per heavy atom. The molecule has 37 heavy (non-hydrogen) atoms. The Kier molecular flexibility index (Phi) is 8.79. The highest BCUT2D eigenvalue weighted by atomic mass is 19.1. The predicted molar refractivity (Wildman–Crippen MR) is 137 cm³/mol. The first-order valence-corrected chi connectivity index (χ1v) is 13.2. The summed E-state index contributed by atoms with van der Waals surface area (Å²) in [7, 11) is 0. The van der Waals surface area contributed by atoms with Crippen molar-refractivity contribution in [2.45, 2.75) is 57.0 Å². The lowest BCUT2D eigenvalue weighted by Gasteiger charge is -2.45. The summed E-state index contributed by atoms with van der Waals surface area (Å²) in [5.41, 5.74) is 0.0129. The largest absolute Gasteiger partial charge is 0.494 e. The zero-order valence-corrected chi connectivity index (χ0v) is 21.4. The molecule has 0 N–H and O–H groups in total. The third-order valence-electron chi connectivity index (χ3n) is 7.96. The van der Waals surface area contributed by atoms with Crippen LogP contribution in [0.15, 0.2) is 48.5 Å². The van der Waals surface area contributed by atoms with Crippen molar-refractivity contribution in [2.24, 2.45) is 11.8 Å². The van der Waals surface area contributed by atoms with E-state index in [0.717, 1.165) is 57.5 Å². The van der Waals surface area contributed by atoms with Crippen LogP contribution >= 0.6 is 0 Å². The molecule has 1 aliphatic carbocycles. The molecule has 1 saturated heterocycles. The average molecular weight is 504 g/mol. The van der Waals surface area contributed by atoms with Gasteiger partial charge in [-0.3, -0.25) is 4.79 Å². The van der Waals surface area contributed by atoms with Gasteiger partial charge in [0, 0.05) is 24.9 Å². The summed E-state index contributed by atoms with van der Waals surface area (Å²) in [4.78, 5) is 14.2. The SMILES string of the molecule is CC(=O)O[C@@H]1CCC[C@H]1C(C#N)(c1ccccc1F)C1CCN(CCCOc2ccc(C#N)cc2)CC1. The Balaban J connectivity index is 1.42. The van der Waals surface area contributed by atoms with E-state index >= 15 is 4.39 Å². The number of esters is 1. The highest BCUT2D eigenvalue weighted by Crippen LogP contribution is 2.51. The van der Waals surface area contributed by atoms with Gasteiger partial charge in [0.1, 0.15) is 17.7 Å². The number of likely N-dealkylation sites (tertiary alicyclic amines) is 1. The van der Waals surface area contributed by atoms with Crippen LogP contribution in [-0.2, 0) is 14.9 Å². The van der Waals surface area contributed by atoms with Crippen LogP contribution in [0.1, 0.15) is 56.6 Å². The number of carbonyl (C=O) groups is 1. The van der Waals surface area contributed by atoms with Gasteiger partial charge in [0.15, 0.2) is 0 Å². The lowest BCUT2D eigenvalue weighted by Crippen LogP contribution is -2.50. The minimum atomic E-state index is -1.03. The third kappa shape index (κ3) is 5.95. The average Bonchev–Trinajstić information content (AvgIpc) is 3.37. The molecule has 2 aromatic rings. The van der Waals surface area contributed by atoms with Gasteiger partial charge in [-0.05, 0) is 87.9 Å². The summed E-state index contributed by atoms with van der Waals surface area (Å²) in [6.07, 6.45) is 4.36. The smallest absolute Gasteiger partial charge is 0.302 e. The molecule has 7 heteroatoms. The molecular weight excluding hydrogens is 469 g/mol. The molecule has 1 heterocycles. The van der Waals surface area contributed by atoms with Gasteiger partial charge in [0.05, 0.1) is 29.7 Å². The van der Waals surface area contributed by atoms with Crippen LogP contribution in [0.5, 0.6) is 5.75 Å². The first-order valence-electron chi connectivity index (χ1n) is 13.2. The summed E-state index contributed by atoms with van der Waals surface area (Å²) >= 11 is 0. The number of hydrogen-bond donors (Lipinski definition) is 0. The van der Waals surface area contributed by atoms with Gasteiger partial charge in [0.2, 0.25) is 0 Å². The topological polar surface area (TPSA) is 86.3 Å². The maximum atomic E-state index is 15.2. The van der Waals surface area contributed by atoms with Crippen molar-refractivity contribution >= 4 is 5.97 Å². The van der Waals surface area contributed by atoms with Crippen molar-refractivity contribution < 1.29 is 18.7 Å². The minimum Gasteiger partial charge on any atom is -0.494 e. The molecule has 2 aliphatic rings. The van der Waals surface area contributed by atoms with E-state index in [1.165, 1.54) is 13.0 Å². The number of hydrogen-bond acceptors (Lipinski definition) is 6. The second kappa shape index (κ2) is 12.2. The van der Waals surface area contributed by atoms with E-state index in [1.54, 1.807) is 42.5 Å². The summed E-state index contributed by atoms with van der Waals surface area (Å²) in [5.74, 6) is -0.215. The van der Waals surface area contributed by atoms with E-state index in [1.807, 2.05) is 0 Å². The fourth-order valence-corrected chi connectivity index (χ4v) is 6.27. The summed E-state index contributed by atoms with van der Waals surface area (Å²) in [5, 5.41) is 19.6. The molecule has 194 valence electrons. The van der Waals surface area contributed by atoms with Crippen LogP contribution < -0.4 is 4.74 Å². The van der Waals surface area contributed by atoms with E-state index in [9.17, 15) is 10.1 Å². The fraction of sp³-hybridized carbons (Fsp3) is 0.500. The Labute approximate surface area is 218 Å². The molecule has 0 aromatic heterocycles. The Bertz CT molecular complexity index is 1150. The van der Waals surface area contributed by atoms with Crippen molar-refractivity contribution in [1.29, 1.82) is 10.5 Å². The normalized spacial score (nSPS) is 21.9. The zero-order valence-electron chi connectivity index (χ0n) is 21.4. The van der Waals surface area contributed by atoms with Gasteiger partial charge in [-0.2, -0.15) is 10.5 Å². The highest BCUT2D eigenvalue weighted by molar-refractivity contribution is 5.66. The van der Waals surface area contributed by atoms with Crippen molar-refractivity contribution in [3.8, 4) is 17.9 Å². The molecular formula is C30H34FN3O3. The van der Waals surface area contributed by atoms with E-state index in [2.05, 4.69) is 17.0 Å².